The number of aliphatic hydroxyl groups is 1. The molecule has 35 heavy (non-hydrogen) atoms. The van der Waals surface area contributed by atoms with Gasteiger partial charge < -0.3 is 19.3 Å². The topological polar surface area (TPSA) is 99.6 Å². The van der Waals surface area contributed by atoms with Gasteiger partial charge in [0.05, 0.1) is 18.3 Å². The van der Waals surface area contributed by atoms with Crippen molar-refractivity contribution in [3.05, 3.63) is 59.2 Å². The molecule has 0 radical (unpaired) electrons. The molecule has 1 spiro atoms. The Morgan fingerprint density at radius 3 is 2.83 bits per heavy atom. The molecular formula is C28H29N3O4. The summed E-state index contributed by atoms with van der Waals surface area (Å²) in [5.74, 6) is 1.27. The van der Waals surface area contributed by atoms with Crippen molar-refractivity contribution in [3.8, 4) is 34.4 Å². The van der Waals surface area contributed by atoms with Crippen LogP contribution in [0.3, 0.4) is 0 Å². The molecule has 1 aliphatic heterocycles. The average Bonchev–Trinajstić information content (AvgIpc) is 3.48. The Balaban J connectivity index is 1.46. The van der Waals surface area contributed by atoms with E-state index >= 15 is 0 Å². The van der Waals surface area contributed by atoms with E-state index < -0.39 is 0 Å². The second-order valence-electron chi connectivity index (χ2n) is 9.72. The highest BCUT2D eigenvalue weighted by Crippen LogP contribution is 2.48. The van der Waals surface area contributed by atoms with Crippen molar-refractivity contribution in [1.82, 2.24) is 10.1 Å². The van der Waals surface area contributed by atoms with E-state index in [1.807, 2.05) is 32.0 Å². The molecule has 2 aromatic carbocycles. The number of piperidine rings is 1. The lowest BCUT2D eigenvalue weighted by Crippen LogP contribution is -2.48. The molecule has 5 rings (SSSR count). The summed E-state index contributed by atoms with van der Waals surface area (Å²) in [5.41, 5.74) is 5.48. The number of carbonyl (C=O) groups excluding carboxylic acids is 1. The second kappa shape index (κ2) is 9.20. The summed E-state index contributed by atoms with van der Waals surface area (Å²) >= 11 is 0. The smallest absolute Gasteiger partial charge is 0.222 e. The molecule has 1 fully saturated rings. The molecule has 0 saturated carbocycles. The molecule has 1 saturated heterocycles. The number of fused-ring (bicyclic) bond motifs is 2. The van der Waals surface area contributed by atoms with Crippen molar-refractivity contribution in [3.63, 3.8) is 0 Å². The number of nitriles is 1. The summed E-state index contributed by atoms with van der Waals surface area (Å²) in [6.45, 7) is 4.86. The Bertz CT molecular complexity index is 1310. The summed E-state index contributed by atoms with van der Waals surface area (Å²) in [7, 11) is 0. The molecule has 1 aromatic heterocycles. The van der Waals surface area contributed by atoms with Crippen LogP contribution in [-0.2, 0) is 16.6 Å². The minimum Gasteiger partial charge on any atom is -0.490 e. The quantitative estimate of drug-likeness (QED) is 0.570. The number of carbonyl (C=O) groups is 1. The van der Waals surface area contributed by atoms with Gasteiger partial charge >= 0.3 is 0 Å². The van der Waals surface area contributed by atoms with Gasteiger partial charge in [-0.15, -0.1) is 0 Å². The Hall–Kier alpha value is -3.63. The molecule has 1 atom stereocenters. The number of rotatable bonds is 6. The fourth-order valence-corrected chi connectivity index (χ4v) is 5.54. The van der Waals surface area contributed by atoms with Gasteiger partial charge in [-0.3, -0.25) is 4.79 Å². The molecule has 2 heterocycles. The minimum absolute atomic E-state index is 0.0193. The lowest BCUT2D eigenvalue weighted by atomic mass is 9.74. The van der Waals surface area contributed by atoms with E-state index in [0.717, 1.165) is 36.1 Å². The average molecular weight is 472 g/mol. The Labute approximate surface area is 204 Å². The number of amides is 1. The summed E-state index contributed by atoms with van der Waals surface area (Å²) < 4.78 is 11.4. The van der Waals surface area contributed by atoms with E-state index in [0.29, 0.717) is 36.6 Å². The van der Waals surface area contributed by atoms with Crippen molar-refractivity contribution in [2.45, 2.75) is 51.0 Å². The maximum absolute atomic E-state index is 12.3. The normalized spacial score (nSPS) is 19.3. The second-order valence-corrected chi connectivity index (χ2v) is 9.72. The van der Waals surface area contributed by atoms with Gasteiger partial charge in [0.2, 0.25) is 5.91 Å². The van der Waals surface area contributed by atoms with Gasteiger partial charge in [-0.05, 0) is 62.4 Å². The third kappa shape index (κ3) is 4.19. The maximum atomic E-state index is 12.3. The fraction of sp³-hybridized carbons (Fsp3) is 0.393. The zero-order valence-corrected chi connectivity index (χ0v) is 20.1. The molecule has 7 heteroatoms. The van der Waals surface area contributed by atoms with Gasteiger partial charge in [0.15, 0.2) is 5.76 Å². The molecule has 1 amide bonds. The van der Waals surface area contributed by atoms with Crippen LogP contribution in [-0.4, -0.2) is 46.9 Å². The largest absolute Gasteiger partial charge is 0.490 e. The van der Waals surface area contributed by atoms with Crippen molar-refractivity contribution < 1.29 is 19.2 Å². The summed E-state index contributed by atoms with van der Waals surface area (Å²) in [4.78, 5) is 14.2. The van der Waals surface area contributed by atoms with E-state index in [1.54, 1.807) is 17.0 Å². The zero-order valence-electron chi connectivity index (χ0n) is 20.1. The Morgan fingerprint density at radius 2 is 2.06 bits per heavy atom. The first-order chi connectivity index (χ1) is 16.9. The highest BCUT2D eigenvalue weighted by atomic mass is 16.5. The number of aromatic nitrogens is 1. The minimum atomic E-state index is -0.0745. The number of nitrogens with zero attached hydrogens (tertiary/aromatic N) is 3. The molecule has 7 nitrogen and oxygen atoms in total. The number of ether oxygens (including phenoxy) is 1. The number of hydrogen-bond donors (Lipinski definition) is 1. The van der Waals surface area contributed by atoms with Crippen LogP contribution in [0.4, 0.5) is 0 Å². The van der Waals surface area contributed by atoms with Gasteiger partial charge in [-0.1, -0.05) is 23.4 Å². The lowest BCUT2D eigenvalue weighted by Gasteiger charge is -2.41. The van der Waals surface area contributed by atoms with Crippen LogP contribution in [0.2, 0.25) is 0 Å². The Kier molecular flexibility index (Phi) is 6.08. The van der Waals surface area contributed by atoms with Crippen molar-refractivity contribution in [2.24, 2.45) is 0 Å². The summed E-state index contributed by atoms with van der Waals surface area (Å²) in [5, 5.41) is 23.3. The van der Waals surface area contributed by atoms with Crippen molar-refractivity contribution in [2.75, 3.05) is 19.7 Å². The SMILES string of the molecule is CC(C)Oc1ccc(-c2cc(-c3cccc4c3CC[C@@]43CCC(=O)N(CCO)C3)no2)cc1C#N. The predicted octanol–water partition coefficient (Wildman–Crippen LogP) is 4.47. The van der Waals surface area contributed by atoms with Crippen LogP contribution < -0.4 is 4.74 Å². The third-order valence-electron chi connectivity index (χ3n) is 7.17. The van der Waals surface area contributed by atoms with E-state index in [2.05, 4.69) is 23.4 Å². The highest BCUT2D eigenvalue weighted by molar-refractivity contribution is 5.78. The van der Waals surface area contributed by atoms with Gasteiger partial charge in [0, 0.05) is 42.1 Å². The summed E-state index contributed by atoms with van der Waals surface area (Å²) in [6.07, 6.45) is 3.20. The van der Waals surface area contributed by atoms with E-state index in [9.17, 15) is 15.2 Å². The fourth-order valence-electron chi connectivity index (χ4n) is 5.54. The standard InChI is InChI=1S/C28H29N3O4/c1-18(2)34-25-7-6-19(14-20(25)16-29)26-15-24(30-35-26)22-4-3-5-23-21(22)8-10-28(23)11-9-27(33)31(17-28)12-13-32/h3-7,14-15,18,32H,8-13,17H2,1-2H3/t28-/m0/s1. The first-order valence-electron chi connectivity index (χ1n) is 12.1. The van der Waals surface area contributed by atoms with Crippen LogP contribution >= 0.6 is 0 Å². The van der Waals surface area contributed by atoms with Gasteiger partial charge in [0.25, 0.3) is 0 Å². The third-order valence-corrected chi connectivity index (χ3v) is 7.17. The zero-order chi connectivity index (χ0) is 24.6. The van der Waals surface area contributed by atoms with E-state index in [4.69, 9.17) is 9.26 Å². The van der Waals surface area contributed by atoms with Crippen LogP contribution in [0.25, 0.3) is 22.6 Å². The molecule has 0 bridgehead atoms. The number of benzene rings is 2. The monoisotopic (exact) mass is 471 g/mol. The van der Waals surface area contributed by atoms with Crippen LogP contribution in [0, 0.1) is 11.3 Å². The molecule has 1 N–H and O–H groups in total. The van der Waals surface area contributed by atoms with Crippen LogP contribution in [0.15, 0.2) is 47.0 Å². The van der Waals surface area contributed by atoms with E-state index in [-0.39, 0.29) is 24.0 Å². The van der Waals surface area contributed by atoms with Gasteiger partial charge in [-0.25, -0.2) is 0 Å². The van der Waals surface area contributed by atoms with Gasteiger partial charge in [0.1, 0.15) is 17.5 Å². The predicted molar refractivity (Wildman–Crippen MR) is 131 cm³/mol. The summed E-state index contributed by atoms with van der Waals surface area (Å²) in [6, 6.07) is 15.8. The molecule has 3 aromatic rings. The number of hydrogen-bond acceptors (Lipinski definition) is 6. The number of β-amino-alcohol motifs (C(OH)–C–C–N with tert-alkyl or cyclic N) is 1. The van der Waals surface area contributed by atoms with Crippen LogP contribution in [0.1, 0.15) is 49.8 Å². The number of aliphatic hydroxyl groups excluding tert-OH is 1. The first-order valence-corrected chi connectivity index (χ1v) is 12.1. The maximum Gasteiger partial charge on any atom is 0.222 e. The molecular weight excluding hydrogens is 442 g/mol. The molecule has 180 valence electrons. The van der Waals surface area contributed by atoms with Crippen LogP contribution in [0.5, 0.6) is 5.75 Å². The lowest BCUT2D eigenvalue weighted by molar-refractivity contribution is -0.136. The Morgan fingerprint density at radius 1 is 1.23 bits per heavy atom. The highest BCUT2D eigenvalue weighted by Gasteiger charge is 2.44. The first kappa shape index (κ1) is 23.1. The van der Waals surface area contributed by atoms with E-state index in [1.165, 1.54) is 11.1 Å². The van der Waals surface area contributed by atoms with Crippen molar-refractivity contribution >= 4 is 5.91 Å². The molecule has 0 unspecified atom stereocenters. The van der Waals surface area contributed by atoms with Crippen molar-refractivity contribution in [1.29, 1.82) is 5.26 Å². The molecule has 1 aliphatic carbocycles. The molecule has 2 aliphatic rings. The number of likely N-dealkylation sites (tertiary alicyclic amines) is 1. The van der Waals surface area contributed by atoms with Gasteiger partial charge in [-0.2, -0.15) is 5.26 Å².